The molecule has 0 radical (unpaired) electrons. The molecule has 5 heteroatoms. The third-order valence-electron chi connectivity index (χ3n) is 1.91. The zero-order valence-electron chi connectivity index (χ0n) is 8.59. The Morgan fingerprint density at radius 1 is 1.62 bits per heavy atom. The Labute approximate surface area is 107 Å². The highest BCUT2D eigenvalue weighted by Crippen LogP contribution is 2.24. The van der Waals surface area contributed by atoms with Crippen LogP contribution in [-0.2, 0) is 10.6 Å². The zero-order valence-corrected chi connectivity index (χ0v) is 10.9. The van der Waals surface area contributed by atoms with Crippen LogP contribution >= 0.6 is 27.5 Å². The lowest BCUT2D eigenvalue weighted by molar-refractivity contribution is 0.0526. The molecule has 0 aromatic heterocycles. The summed E-state index contributed by atoms with van der Waals surface area (Å²) >= 11 is 8.92. The number of hydrogen-bond acceptors (Lipinski definition) is 3. The molecular formula is C11H9BrClNO2. The highest BCUT2D eigenvalue weighted by molar-refractivity contribution is 9.10. The number of carbonyl (C=O) groups is 1. The van der Waals surface area contributed by atoms with Gasteiger partial charge in [0.05, 0.1) is 17.7 Å². The summed E-state index contributed by atoms with van der Waals surface area (Å²) in [5.41, 5.74) is 1.28. The molecule has 0 aliphatic carbocycles. The van der Waals surface area contributed by atoms with E-state index in [0.29, 0.717) is 4.47 Å². The number of esters is 1. The van der Waals surface area contributed by atoms with Gasteiger partial charge in [0.1, 0.15) is 6.07 Å². The molecule has 0 aliphatic rings. The van der Waals surface area contributed by atoms with Crippen molar-refractivity contribution in [1.29, 1.82) is 5.26 Å². The van der Waals surface area contributed by atoms with E-state index in [0.717, 1.165) is 5.56 Å². The van der Waals surface area contributed by atoms with Crippen molar-refractivity contribution in [2.75, 3.05) is 6.61 Å². The number of nitriles is 1. The van der Waals surface area contributed by atoms with Crippen molar-refractivity contribution < 1.29 is 9.53 Å². The lowest BCUT2D eigenvalue weighted by atomic mass is 10.1. The average Bonchev–Trinajstić information content (AvgIpc) is 2.28. The topological polar surface area (TPSA) is 50.1 Å². The van der Waals surface area contributed by atoms with Crippen LogP contribution in [0.25, 0.3) is 0 Å². The van der Waals surface area contributed by atoms with Crippen molar-refractivity contribution in [3.63, 3.8) is 0 Å². The number of hydrogen-bond donors (Lipinski definition) is 0. The SMILES string of the molecule is CCOC(=O)c1cc(CCl)cc(Br)c1C#N. The standard InChI is InChI=1S/C11H9BrClNO2/c1-2-16-11(15)8-3-7(5-13)4-10(12)9(8)6-14/h3-4H,2,5H2,1H3. The largest absolute Gasteiger partial charge is 0.462 e. The van der Waals surface area contributed by atoms with Gasteiger partial charge in [-0.2, -0.15) is 5.26 Å². The lowest BCUT2D eigenvalue weighted by Crippen LogP contribution is -2.08. The minimum atomic E-state index is -0.508. The number of nitrogens with zero attached hydrogens (tertiary/aromatic N) is 1. The van der Waals surface area contributed by atoms with Crippen LogP contribution in [0.2, 0.25) is 0 Å². The molecule has 0 unspecified atom stereocenters. The fraction of sp³-hybridized carbons (Fsp3) is 0.273. The Hall–Kier alpha value is -1.05. The van der Waals surface area contributed by atoms with E-state index < -0.39 is 5.97 Å². The van der Waals surface area contributed by atoms with Crippen LogP contribution in [-0.4, -0.2) is 12.6 Å². The molecule has 1 aromatic rings. The summed E-state index contributed by atoms with van der Waals surface area (Å²) in [6, 6.07) is 5.26. The van der Waals surface area contributed by atoms with Crippen molar-refractivity contribution in [1.82, 2.24) is 0 Å². The number of carbonyl (C=O) groups excluding carboxylic acids is 1. The Morgan fingerprint density at radius 3 is 2.81 bits per heavy atom. The van der Waals surface area contributed by atoms with Gasteiger partial charge in [-0.05, 0) is 40.5 Å². The van der Waals surface area contributed by atoms with Crippen molar-refractivity contribution in [2.24, 2.45) is 0 Å². The van der Waals surface area contributed by atoms with E-state index in [9.17, 15) is 4.79 Å². The first kappa shape index (κ1) is 13.0. The van der Waals surface area contributed by atoms with Gasteiger partial charge in [-0.1, -0.05) is 0 Å². The van der Waals surface area contributed by atoms with E-state index in [1.165, 1.54) is 0 Å². The maximum absolute atomic E-state index is 11.6. The molecule has 1 rings (SSSR count). The summed E-state index contributed by atoms with van der Waals surface area (Å²) in [4.78, 5) is 11.6. The normalized spacial score (nSPS) is 9.62. The molecule has 0 heterocycles. The van der Waals surface area contributed by atoms with Crippen molar-refractivity contribution in [3.8, 4) is 6.07 Å². The first-order valence-corrected chi connectivity index (χ1v) is 5.92. The molecule has 0 bridgehead atoms. The highest BCUT2D eigenvalue weighted by atomic mass is 79.9. The Morgan fingerprint density at radius 2 is 2.31 bits per heavy atom. The minimum Gasteiger partial charge on any atom is -0.462 e. The molecule has 0 saturated heterocycles. The van der Waals surface area contributed by atoms with Crippen LogP contribution in [0.3, 0.4) is 0 Å². The van der Waals surface area contributed by atoms with Gasteiger partial charge in [0.15, 0.2) is 0 Å². The second kappa shape index (κ2) is 5.88. The molecular weight excluding hydrogens is 293 g/mol. The maximum Gasteiger partial charge on any atom is 0.339 e. The number of rotatable bonds is 3. The Kier molecular flexibility index (Phi) is 4.78. The third kappa shape index (κ3) is 2.75. The number of benzene rings is 1. The first-order valence-electron chi connectivity index (χ1n) is 4.59. The maximum atomic E-state index is 11.6. The average molecular weight is 303 g/mol. The fourth-order valence-electron chi connectivity index (χ4n) is 1.22. The Bertz CT molecular complexity index is 454. The summed E-state index contributed by atoms with van der Waals surface area (Å²) in [5.74, 6) is -0.233. The van der Waals surface area contributed by atoms with Crippen LogP contribution < -0.4 is 0 Å². The van der Waals surface area contributed by atoms with Gasteiger partial charge in [-0.25, -0.2) is 4.79 Å². The Balaban J connectivity index is 3.29. The van der Waals surface area contributed by atoms with Crippen LogP contribution in [0.15, 0.2) is 16.6 Å². The van der Waals surface area contributed by atoms with E-state index in [4.69, 9.17) is 21.6 Å². The summed E-state index contributed by atoms with van der Waals surface area (Å²) < 4.78 is 5.42. The van der Waals surface area contributed by atoms with Crippen molar-refractivity contribution >= 4 is 33.5 Å². The third-order valence-corrected chi connectivity index (χ3v) is 2.85. The second-order valence-corrected chi connectivity index (χ2v) is 4.09. The fourth-order valence-corrected chi connectivity index (χ4v) is 1.97. The molecule has 0 saturated carbocycles. The number of halogens is 2. The van der Waals surface area contributed by atoms with E-state index in [-0.39, 0.29) is 23.6 Å². The van der Waals surface area contributed by atoms with E-state index in [1.54, 1.807) is 19.1 Å². The number of alkyl halides is 1. The van der Waals surface area contributed by atoms with Crippen LogP contribution in [0.4, 0.5) is 0 Å². The second-order valence-electron chi connectivity index (χ2n) is 2.97. The van der Waals surface area contributed by atoms with Crippen LogP contribution in [0.1, 0.15) is 28.4 Å². The minimum absolute atomic E-state index is 0.245. The number of ether oxygens (including phenoxy) is 1. The zero-order chi connectivity index (χ0) is 12.1. The van der Waals surface area contributed by atoms with Crippen LogP contribution in [0.5, 0.6) is 0 Å². The van der Waals surface area contributed by atoms with Gasteiger partial charge in [-0.15, -0.1) is 11.6 Å². The quantitative estimate of drug-likeness (QED) is 0.636. The lowest BCUT2D eigenvalue weighted by Gasteiger charge is -2.07. The molecule has 0 atom stereocenters. The summed E-state index contributed by atoms with van der Waals surface area (Å²) in [6.45, 7) is 1.98. The molecule has 3 nitrogen and oxygen atoms in total. The first-order chi connectivity index (χ1) is 7.63. The van der Waals surface area contributed by atoms with E-state index in [2.05, 4.69) is 15.9 Å². The summed E-state index contributed by atoms with van der Waals surface area (Å²) in [6.07, 6.45) is 0. The van der Waals surface area contributed by atoms with Gasteiger partial charge in [0.25, 0.3) is 0 Å². The van der Waals surface area contributed by atoms with Gasteiger partial charge in [-0.3, -0.25) is 0 Å². The van der Waals surface area contributed by atoms with Crippen molar-refractivity contribution in [2.45, 2.75) is 12.8 Å². The van der Waals surface area contributed by atoms with E-state index in [1.807, 2.05) is 6.07 Å². The molecule has 0 aliphatic heterocycles. The predicted octanol–water partition coefficient (Wildman–Crippen LogP) is 3.24. The van der Waals surface area contributed by atoms with Crippen molar-refractivity contribution in [3.05, 3.63) is 33.3 Å². The van der Waals surface area contributed by atoms with Gasteiger partial charge >= 0.3 is 5.97 Å². The van der Waals surface area contributed by atoms with Gasteiger partial charge < -0.3 is 4.74 Å². The van der Waals surface area contributed by atoms with Gasteiger partial charge in [0.2, 0.25) is 0 Å². The molecule has 0 amide bonds. The van der Waals surface area contributed by atoms with Crippen LogP contribution in [0, 0.1) is 11.3 Å². The predicted molar refractivity (Wildman–Crippen MR) is 64.4 cm³/mol. The summed E-state index contributed by atoms with van der Waals surface area (Å²) in [5, 5.41) is 8.96. The molecule has 16 heavy (non-hydrogen) atoms. The summed E-state index contributed by atoms with van der Waals surface area (Å²) in [7, 11) is 0. The highest BCUT2D eigenvalue weighted by Gasteiger charge is 2.16. The van der Waals surface area contributed by atoms with E-state index >= 15 is 0 Å². The molecule has 0 N–H and O–H groups in total. The molecule has 0 fully saturated rings. The van der Waals surface area contributed by atoms with Gasteiger partial charge in [0, 0.05) is 10.4 Å². The molecule has 1 aromatic carbocycles. The monoisotopic (exact) mass is 301 g/mol. The molecule has 0 spiro atoms. The molecule has 84 valence electrons. The smallest absolute Gasteiger partial charge is 0.339 e.